The Hall–Kier alpha value is -1.76. The lowest BCUT2D eigenvalue weighted by molar-refractivity contribution is 0.0933. The number of aromatic nitrogens is 1. The molecule has 1 N–H and O–H groups in total. The zero-order chi connectivity index (χ0) is 16.2. The summed E-state index contributed by atoms with van der Waals surface area (Å²) in [5.41, 5.74) is 1.43. The van der Waals surface area contributed by atoms with Crippen molar-refractivity contribution in [1.29, 1.82) is 0 Å². The van der Waals surface area contributed by atoms with Crippen molar-refractivity contribution in [1.82, 2.24) is 14.8 Å². The van der Waals surface area contributed by atoms with Gasteiger partial charge in [-0.1, -0.05) is 0 Å². The van der Waals surface area contributed by atoms with Crippen molar-refractivity contribution in [2.75, 3.05) is 46.4 Å². The van der Waals surface area contributed by atoms with Gasteiger partial charge in [0.15, 0.2) is 5.43 Å². The average molecular weight is 319 g/mol. The molecule has 23 heavy (non-hydrogen) atoms. The van der Waals surface area contributed by atoms with Gasteiger partial charge in [-0.15, -0.1) is 0 Å². The van der Waals surface area contributed by atoms with Gasteiger partial charge >= 0.3 is 0 Å². The number of benzene rings is 1. The minimum absolute atomic E-state index is 0.132. The molecule has 0 spiro atoms. The first-order chi connectivity index (χ1) is 11.2. The smallest absolute Gasteiger partial charge is 0.189 e. The molecule has 2 aromatic rings. The molecule has 1 saturated heterocycles. The highest BCUT2D eigenvalue weighted by Crippen LogP contribution is 2.12. The lowest BCUT2D eigenvalue weighted by atomic mass is 10.2. The molecule has 1 aliphatic heterocycles. The Bertz CT molecular complexity index is 723. The summed E-state index contributed by atoms with van der Waals surface area (Å²) in [6.45, 7) is 6.37. The molecule has 1 fully saturated rings. The Morgan fingerprint density at radius 2 is 1.91 bits per heavy atom. The molecular formula is C17H22FN3O2. The second-order valence-electron chi connectivity index (χ2n) is 5.96. The van der Waals surface area contributed by atoms with E-state index in [9.17, 15) is 9.18 Å². The maximum Gasteiger partial charge on any atom is 0.189 e. The fraction of sp³-hybridized carbons (Fsp3) is 0.471. The Labute approximate surface area is 134 Å². The van der Waals surface area contributed by atoms with E-state index in [1.54, 1.807) is 19.2 Å². The number of piperazine rings is 1. The lowest BCUT2D eigenvalue weighted by Crippen LogP contribution is -2.46. The van der Waals surface area contributed by atoms with E-state index in [0.717, 1.165) is 45.0 Å². The van der Waals surface area contributed by atoms with Crippen LogP contribution in [0, 0.1) is 5.82 Å². The van der Waals surface area contributed by atoms with E-state index in [-0.39, 0.29) is 11.2 Å². The summed E-state index contributed by atoms with van der Waals surface area (Å²) >= 11 is 0. The van der Waals surface area contributed by atoms with Gasteiger partial charge in [-0.25, -0.2) is 4.39 Å². The van der Waals surface area contributed by atoms with Crippen LogP contribution in [-0.4, -0.2) is 61.2 Å². The van der Waals surface area contributed by atoms with E-state index in [2.05, 4.69) is 14.8 Å². The molecule has 0 radical (unpaired) electrons. The third kappa shape index (κ3) is 3.96. The van der Waals surface area contributed by atoms with Gasteiger partial charge in [-0.3, -0.25) is 14.6 Å². The minimum Gasteiger partial charge on any atom is -0.383 e. The number of methoxy groups -OCH3 is 1. The Kier molecular flexibility index (Phi) is 5.05. The fourth-order valence-corrected chi connectivity index (χ4v) is 2.99. The standard InChI is InChI=1S/C17H22FN3O2/c1-23-9-8-20-4-6-21(7-5-20)12-14-11-17(22)15-10-13(18)2-3-16(15)19-14/h2-3,10-11H,4-9,12H2,1H3,(H,19,22). The van der Waals surface area contributed by atoms with Gasteiger partial charge in [0, 0.05) is 69.0 Å². The number of fused-ring (bicyclic) bond motifs is 1. The molecule has 0 bridgehead atoms. The van der Waals surface area contributed by atoms with Gasteiger partial charge in [-0.05, 0) is 18.2 Å². The maximum atomic E-state index is 13.2. The van der Waals surface area contributed by atoms with E-state index >= 15 is 0 Å². The van der Waals surface area contributed by atoms with Gasteiger partial charge in [0.05, 0.1) is 6.61 Å². The Morgan fingerprint density at radius 1 is 1.17 bits per heavy atom. The molecular weight excluding hydrogens is 297 g/mol. The molecule has 2 heterocycles. The van der Waals surface area contributed by atoms with E-state index in [4.69, 9.17) is 4.74 Å². The van der Waals surface area contributed by atoms with Crippen molar-refractivity contribution < 1.29 is 9.13 Å². The first-order valence-electron chi connectivity index (χ1n) is 7.91. The number of halogens is 1. The topological polar surface area (TPSA) is 48.6 Å². The van der Waals surface area contributed by atoms with Crippen molar-refractivity contribution in [3.63, 3.8) is 0 Å². The van der Waals surface area contributed by atoms with Crippen LogP contribution in [0.1, 0.15) is 5.69 Å². The largest absolute Gasteiger partial charge is 0.383 e. The van der Waals surface area contributed by atoms with Crippen LogP contribution >= 0.6 is 0 Å². The summed E-state index contributed by atoms with van der Waals surface area (Å²) < 4.78 is 18.3. The average Bonchev–Trinajstić information content (AvgIpc) is 2.55. The molecule has 1 aromatic heterocycles. The summed E-state index contributed by atoms with van der Waals surface area (Å²) in [5.74, 6) is -0.386. The number of nitrogens with one attached hydrogen (secondary N) is 1. The zero-order valence-electron chi connectivity index (χ0n) is 13.3. The van der Waals surface area contributed by atoms with Crippen LogP contribution in [0.2, 0.25) is 0 Å². The molecule has 0 saturated carbocycles. The van der Waals surface area contributed by atoms with Crippen LogP contribution in [0.3, 0.4) is 0 Å². The van der Waals surface area contributed by atoms with Crippen molar-refractivity contribution >= 4 is 10.9 Å². The number of nitrogens with zero attached hydrogens (tertiary/aromatic N) is 2. The summed E-state index contributed by atoms with van der Waals surface area (Å²) in [6, 6.07) is 5.86. The molecule has 0 amide bonds. The number of rotatable bonds is 5. The summed E-state index contributed by atoms with van der Waals surface area (Å²) in [7, 11) is 1.72. The highest BCUT2D eigenvalue weighted by Gasteiger charge is 2.17. The third-order valence-corrected chi connectivity index (χ3v) is 4.32. The van der Waals surface area contributed by atoms with Crippen molar-refractivity contribution in [3.8, 4) is 0 Å². The lowest BCUT2D eigenvalue weighted by Gasteiger charge is -2.34. The monoisotopic (exact) mass is 319 g/mol. The molecule has 0 unspecified atom stereocenters. The highest BCUT2D eigenvalue weighted by atomic mass is 19.1. The molecule has 1 aromatic carbocycles. The SMILES string of the molecule is COCCN1CCN(Cc2cc(=O)c3cc(F)ccc3[nH]2)CC1. The Morgan fingerprint density at radius 3 is 2.65 bits per heavy atom. The van der Waals surface area contributed by atoms with Gasteiger partial charge in [0.2, 0.25) is 0 Å². The molecule has 5 nitrogen and oxygen atoms in total. The van der Waals surface area contributed by atoms with E-state index in [1.165, 1.54) is 12.1 Å². The minimum atomic E-state index is -0.386. The quantitative estimate of drug-likeness (QED) is 0.906. The molecule has 0 atom stereocenters. The fourth-order valence-electron chi connectivity index (χ4n) is 2.99. The van der Waals surface area contributed by atoms with E-state index < -0.39 is 0 Å². The number of ether oxygens (including phenoxy) is 1. The highest BCUT2D eigenvalue weighted by molar-refractivity contribution is 5.78. The van der Waals surface area contributed by atoms with Crippen molar-refractivity contribution in [2.45, 2.75) is 6.54 Å². The van der Waals surface area contributed by atoms with Crippen LogP contribution in [0.5, 0.6) is 0 Å². The second-order valence-corrected chi connectivity index (χ2v) is 5.96. The normalized spacial score (nSPS) is 17.0. The summed E-state index contributed by atoms with van der Waals surface area (Å²) in [5, 5.41) is 0.401. The number of pyridine rings is 1. The summed E-state index contributed by atoms with van der Waals surface area (Å²) in [4.78, 5) is 20.1. The molecule has 1 aliphatic rings. The maximum absolute atomic E-state index is 13.2. The molecule has 0 aliphatic carbocycles. The molecule has 124 valence electrons. The first kappa shape index (κ1) is 16.1. The Balaban J connectivity index is 1.66. The van der Waals surface area contributed by atoms with Gasteiger partial charge in [0.1, 0.15) is 5.82 Å². The number of hydrogen-bond acceptors (Lipinski definition) is 4. The predicted octanol–water partition coefficient (Wildman–Crippen LogP) is 1.43. The first-order valence-corrected chi connectivity index (χ1v) is 7.91. The van der Waals surface area contributed by atoms with Crippen LogP contribution in [-0.2, 0) is 11.3 Å². The van der Waals surface area contributed by atoms with E-state index in [1.807, 2.05) is 0 Å². The zero-order valence-corrected chi connectivity index (χ0v) is 13.3. The van der Waals surface area contributed by atoms with Gasteiger partial charge < -0.3 is 9.72 Å². The second kappa shape index (κ2) is 7.21. The van der Waals surface area contributed by atoms with Crippen LogP contribution < -0.4 is 5.43 Å². The number of H-pyrrole nitrogens is 1. The number of aromatic amines is 1. The van der Waals surface area contributed by atoms with Gasteiger partial charge in [0.25, 0.3) is 0 Å². The predicted molar refractivity (Wildman–Crippen MR) is 88.1 cm³/mol. The van der Waals surface area contributed by atoms with E-state index in [0.29, 0.717) is 17.4 Å². The molecule has 6 heteroatoms. The van der Waals surface area contributed by atoms with Crippen LogP contribution in [0.4, 0.5) is 4.39 Å². The number of hydrogen-bond donors (Lipinski definition) is 1. The van der Waals surface area contributed by atoms with Gasteiger partial charge in [-0.2, -0.15) is 0 Å². The summed E-state index contributed by atoms with van der Waals surface area (Å²) in [6.07, 6.45) is 0. The van der Waals surface area contributed by atoms with Crippen LogP contribution in [0.15, 0.2) is 29.1 Å². The van der Waals surface area contributed by atoms with Crippen molar-refractivity contribution in [3.05, 3.63) is 46.0 Å². The third-order valence-electron chi connectivity index (χ3n) is 4.32. The van der Waals surface area contributed by atoms with Crippen molar-refractivity contribution in [2.24, 2.45) is 0 Å². The van der Waals surface area contributed by atoms with Crippen LogP contribution in [0.25, 0.3) is 10.9 Å². The molecule has 3 rings (SSSR count).